The Kier molecular flexibility index (Phi) is 3.52. The lowest BCUT2D eigenvalue weighted by atomic mass is 10.2. The fraction of sp³-hybridized carbons (Fsp3) is 0.714. The summed E-state index contributed by atoms with van der Waals surface area (Å²) in [5.74, 6) is 8.78. The number of nitrogen functional groups attached to an aromatic ring is 1. The minimum Gasteiger partial charge on any atom is -0.372 e. The third-order valence-corrected chi connectivity index (χ3v) is 3.94. The summed E-state index contributed by atoms with van der Waals surface area (Å²) in [6.45, 7) is 7.94. The molecule has 1 aliphatic carbocycles. The molecule has 3 N–H and O–H groups in total. The number of aromatic nitrogens is 2. The molecule has 2 atom stereocenters. The molecule has 1 aromatic rings. The molecule has 110 valence electrons. The van der Waals surface area contributed by atoms with Gasteiger partial charge in [-0.25, -0.2) is 15.8 Å². The van der Waals surface area contributed by atoms with E-state index in [1.54, 1.807) is 0 Å². The Morgan fingerprint density at radius 2 is 1.85 bits per heavy atom. The molecule has 1 aromatic heterocycles. The standard InChI is InChI=1S/C14H23N5O/c1-8-6-19(7-9(2)20-8)14-10(3)12(18-15)16-13(17-14)11-4-5-11/h8-9,11H,4-7,15H2,1-3H3,(H,16,17,18). The molecule has 20 heavy (non-hydrogen) atoms. The second kappa shape index (κ2) is 5.18. The van der Waals surface area contributed by atoms with Crippen LogP contribution in [0.5, 0.6) is 0 Å². The Hall–Kier alpha value is -1.40. The molecule has 2 fully saturated rings. The lowest BCUT2D eigenvalue weighted by molar-refractivity contribution is -0.00550. The van der Waals surface area contributed by atoms with Gasteiger partial charge in [-0.1, -0.05) is 0 Å². The van der Waals surface area contributed by atoms with E-state index in [1.165, 1.54) is 12.8 Å². The summed E-state index contributed by atoms with van der Waals surface area (Å²) in [5.41, 5.74) is 3.72. The molecule has 3 rings (SSSR count). The fourth-order valence-electron chi connectivity index (χ4n) is 2.85. The summed E-state index contributed by atoms with van der Waals surface area (Å²) in [5, 5.41) is 0. The van der Waals surface area contributed by atoms with Gasteiger partial charge in [0.1, 0.15) is 17.5 Å². The Bertz CT molecular complexity index is 493. The van der Waals surface area contributed by atoms with Crippen LogP contribution >= 0.6 is 0 Å². The van der Waals surface area contributed by atoms with Gasteiger partial charge in [-0.05, 0) is 33.6 Å². The fourth-order valence-corrected chi connectivity index (χ4v) is 2.85. The van der Waals surface area contributed by atoms with Gasteiger partial charge < -0.3 is 15.1 Å². The maximum Gasteiger partial charge on any atom is 0.148 e. The predicted octanol–water partition coefficient (Wildman–Crippen LogP) is 1.56. The van der Waals surface area contributed by atoms with E-state index in [4.69, 9.17) is 15.6 Å². The molecule has 1 saturated carbocycles. The summed E-state index contributed by atoms with van der Waals surface area (Å²) in [7, 11) is 0. The van der Waals surface area contributed by atoms with Crippen LogP contribution in [0.15, 0.2) is 0 Å². The van der Waals surface area contributed by atoms with E-state index in [1.807, 2.05) is 6.92 Å². The summed E-state index contributed by atoms with van der Waals surface area (Å²) < 4.78 is 5.80. The van der Waals surface area contributed by atoms with Crippen molar-refractivity contribution in [2.24, 2.45) is 5.84 Å². The highest BCUT2D eigenvalue weighted by Gasteiger charge is 2.30. The van der Waals surface area contributed by atoms with E-state index in [0.29, 0.717) is 5.92 Å². The monoisotopic (exact) mass is 277 g/mol. The van der Waals surface area contributed by atoms with Crippen LogP contribution in [0.2, 0.25) is 0 Å². The molecule has 2 aliphatic rings. The van der Waals surface area contributed by atoms with Crippen LogP contribution in [0.4, 0.5) is 11.6 Å². The van der Waals surface area contributed by atoms with Crippen LogP contribution in [-0.4, -0.2) is 35.3 Å². The largest absolute Gasteiger partial charge is 0.372 e. The van der Waals surface area contributed by atoms with Crippen LogP contribution in [0, 0.1) is 6.92 Å². The summed E-state index contributed by atoms with van der Waals surface area (Å²) in [6, 6.07) is 0. The van der Waals surface area contributed by atoms with Crippen LogP contribution < -0.4 is 16.2 Å². The number of nitrogens with zero attached hydrogens (tertiary/aromatic N) is 3. The van der Waals surface area contributed by atoms with Crippen molar-refractivity contribution in [3.8, 4) is 0 Å². The van der Waals surface area contributed by atoms with E-state index < -0.39 is 0 Å². The average molecular weight is 277 g/mol. The van der Waals surface area contributed by atoms with Gasteiger partial charge in [-0.15, -0.1) is 0 Å². The zero-order chi connectivity index (χ0) is 14.3. The van der Waals surface area contributed by atoms with Gasteiger partial charge >= 0.3 is 0 Å². The number of nitrogens with two attached hydrogens (primary N) is 1. The summed E-state index contributed by atoms with van der Waals surface area (Å²) in [4.78, 5) is 11.6. The zero-order valence-electron chi connectivity index (χ0n) is 12.4. The second-order valence-electron chi connectivity index (χ2n) is 5.96. The third kappa shape index (κ3) is 2.58. The highest BCUT2D eigenvalue weighted by atomic mass is 16.5. The van der Waals surface area contributed by atoms with Crippen LogP contribution in [0.25, 0.3) is 0 Å². The molecule has 2 unspecified atom stereocenters. The lowest BCUT2D eigenvalue weighted by Gasteiger charge is -2.37. The SMILES string of the molecule is Cc1c(NN)nc(C2CC2)nc1N1CC(C)OC(C)C1. The molecule has 1 saturated heterocycles. The minimum atomic E-state index is 0.215. The first-order chi connectivity index (χ1) is 9.58. The number of rotatable bonds is 3. The number of anilines is 2. The Labute approximate surface area is 119 Å². The van der Waals surface area contributed by atoms with Crippen molar-refractivity contribution in [2.45, 2.75) is 51.7 Å². The number of hydrogen-bond donors (Lipinski definition) is 2. The van der Waals surface area contributed by atoms with Crippen molar-refractivity contribution < 1.29 is 4.74 Å². The van der Waals surface area contributed by atoms with Gasteiger partial charge in [0.2, 0.25) is 0 Å². The van der Waals surface area contributed by atoms with Crippen LogP contribution in [0.1, 0.15) is 44.0 Å². The van der Waals surface area contributed by atoms with Crippen molar-refractivity contribution in [3.05, 3.63) is 11.4 Å². The molecular weight excluding hydrogens is 254 g/mol. The predicted molar refractivity (Wildman–Crippen MR) is 78.8 cm³/mol. The molecule has 2 heterocycles. The van der Waals surface area contributed by atoms with Gasteiger partial charge in [0.15, 0.2) is 0 Å². The van der Waals surface area contributed by atoms with E-state index in [2.05, 4.69) is 29.2 Å². The smallest absolute Gasteiger partial charge is 0.148 e. The molecular formula is C14H23N5O. The number of morpholine rings is 1. The topological polar surface area (TPSA) is 76.3 Å². The van der Waals surface area contributed by atoms with Crippen LogP contribution in [-0.2, 0) is 4.74 Å². The van der Waals surface area contributed by atoms with E-state index >= 15 is 0 Å². The summed E-state index contributed by atoms with van der Waals surface area (Å²) in [6.07, 6.45) is 2.80. The maximum absolute atomic E-state index is 5.80. The third-order valence-electron chi connectivity index (χ3n) is 3.94. The lowest BCUT2D eigenvalue weighted by Crippen LogP contribution is -2.46. The van der Waals surface area contributed by atoms with Crippen LogP contribution in [0.3, 0.4) is 0 Å². The normalized spacial score (nSPS) is 26.7. The first kappa shape index (κ1) is 13.6. The quantitative estimate of drug-likeness (QED) is 0.645. The Morgan fingerprint density at radius 1 is 1.20 bits per heavy atom. The zero-order valence-corrected chi connectivity index (χ0v) is 12.4. The first-order valence-corrected chi connectivity index (χ1v) is 7.34. The van der Waals surface area contributed by atoms with Gasteiger partial charge in [0.25, 0.3) is 0 Å². The number of hydrazine groups is 1. The van der Waals surface area contributed by atoms with Gasteiger partial charge in [0.05, 0.1) is 12.2 Å². The van der Waals surface area contributed by atoms with Gasteiger partial charge in [0, 0.05) is 24.6 Å². The summed E-state index contributed by atoms with van der Waals surface area (Å²) >= 11 is 0. The Morgan fingerprint density at radius 3 is 2.40 bits per heavy atom. The number of nitrogens with one attached hydrogen (secondary N) is 1. The molecule has 0 bridgehead atoms. The molecule has 0 amide bonds. The maximum atomic E-state index is 5.80. The first-order valence-electron chi connectivity index (χ1n) is 7.34. The second-order valence-corrected chi connectivity index (χ2v) is 5.96. The van der Waals surface area contributed by atoms with E-state index in [-0.39, 0.29) is 12.2 Å². The van der Waals surface area contributed by atoms with E-state index in [0.717, 1.165) is 36.1 Å². The average Bonchev–Trinajstić information content (AvgIpc) is 3.22. The molecule has 6 heteroatoms. The Balaban J connectivity index is 1.96. The van der Waals surface area contributed by atoms with Crippen molar-refractivity contribution in [1.82, 2.24) is 9.97 Å². The number of ether oxygens (including phenoxy) is 1. The van der Waals surface area contributed by atoms with Gasteiger partial charge in [-0.2, -0.15) is 0 Å². The molecule has 0 radical (unpaired) electrons. The molecule has 0 aromatic carbocycles. The number of hydrogen-bond acceptors (Lipinski definition) is 6. The van der Waals surface area contributed by atoms with Gasteiger partial charge in [-0.3, -0.25) is 0 Å². The van der Waals surface area contributed by atoms with E-state index in [9.17, 15) is 0 Å². The molecule has 0 spiro atoms. The van der Waals surface area contributed by atoms with Crippen molar-refractivity contribution in [2.75, 3.05) is 23.4 Å². The minimum absolute atomic E-state index is 0.215. The highest BCUT2D eigenvalue weighted by Crippen LogP contribution is 2.40. The molecule has 6 nitrogen and oxygen atoms in total. The van der Waals surface area contributed by atoms with Crippen molar-refractivity contribution in [1.29, 1.82) is 0 Å². The van der Waals surface area contributed by atoms with Crippen molar-refractivity contribution in [3.63, 3.8) is 0 Å². The highest BCUT2D eigenvalue weighted by molar-refractivity contribution is 5.59. The molecule has 1 aliphatic heterocycles. The van der Waals surface area contributed by atoms with Crippen molar-refractivity contribution >= 4 is 11.6 Å².